The standard InChI is InChI=1S/C28H26ClN3O3/c1-18-21(22-7-3-5-9-24(22)31-18)15-16-30-28(34)25(17-19-11-13-20(29)14-12-19)32-27(33)23-8-4-6-10-26(23)35-2/h3-14,17,31H,15-16H2,1-2H3,(H,30,34)(H,32,33). The molecular weight excluding hydrogens is 462 g/mol. The Morgan fingerprint density at radius 2 is 1.71 bits per heavy atom. The number of benzene rings is 3. The monoisotopic (exact) mass is 487 g/mol. The molecule has 6 nitrogen and oxygen atoms in total. The largest absolute Gasteiger partial charge is 0.496 e. The molecule has 7 heteroatoms. The lowest BCUT2D eigenvalue weighted by Crippen LogP contribution is -2.36. The molecule has 0 aliphatic carbocycles. The van der Waals surface area contributed by atoms with E-state index < -0.39 is 5.91 Å². The second kappa shape index (κ2) is 10.9. The number of carbonyl (C=O) groups is 2. The zero-order chi connectivity index (χ0) is 24.8. The van der Waals surface area contributed by atoms with E-state index in [4.69, 9.17) is 16.3 Å². The number of methoxy groups -OCH3 is 1. The van der Waals surface area contributed by atoms with Crippen LogP contribution in [-0.2, 0) is 11.2 Å². The normalized spacial score (nSPS) is 11.3. The van der Waals surface area contributed by atoms with Crippen molar-refractivity contribution in [1.82, 2.24) is 15.6 Å². The van der Waals surface area contributed by atoms with Gasteiger partial charge in [0.05, 0.1) is 12.7 Å². The number of H-pyrrole nitrogens is 1. The number of para-hydroxylation sites is 2. The summed E-state index contributed by atoms with van der Waals surface area (Å²) in [6.45, 7) is 2.43. The Balaban J connectivity index is 1.53. The third-order valence-corrected chi connectivity index (χ3v) is 5.96. The van der Waals surface area contributed by atoms with E-state index in [0.29, 0.717) is 29.3 Å². The molecule has 2 amide bonds. The minimum absolute atomic E-state index is 0.124. The van der Waals surface area contributed by atoms with Gasteiger partial charge in [-0.1, -0.05) is 54.1 Å². The molecule has 35 heavy (non-hydrogen) atoms. The number of ether oxygens (including phenoxy) is 1. The predicted molar refractivity (Wildman–Crippen MR) is 140 cm³/mol. The molecular formula is C28H26ClN3O3. The van der Waals surface area contributed by atoms with Crippen molar-refractivity contribution in [3.05, 3.63) is 106 Å². The molecule has 0 saturated heterocycles. The Labute approximate surface area is 209 Å². The average Bonchev–Trinajstić information content (AvgIpc) is 3.19. The van der Waals surface area contributed by atoms with Gasteiger partial charge in [0.25, 0.3) is 11.8 Å². The van der Waals surface area contributed by atoms with E-state index in [1.54, 1.807) is 54.6 Å². The lowest BCUT2D eigenvalue weighted by molar-refractivity contribution is -0.117. The maximum Gasteiger partial charge on any atom is 0.267 e. The number of carbonyl (C=O) groups excluding carboxylic acids is 2. The number of halogens is 1. The van der Waals surface area contributed by atoms with Crippen molar-refractivity contribution in [3.63, 3.8) is 0 Å². The molecule has 4 rings (SSSR count). The van der Waals surface area contributed by atoms with Crippen LogP contribution in [-0.4, -0.2) is 30.5 Å². The Kier molecular flexibility index (Phi) is 7.53. The third-order valence-electron chi connectivity index (χ3n) is 5.71. The fourth-order valence-corrected chi connectivity index (χ4v) is 4.09. The molecule has 0 spiro atoms. The third kappa shape index (κ3) is 5.73. The average molecular weight is 488 g/mol. The first kappa shape index (κ1) is 24.1. The number of aryl methyl sites for hydroxylation is 1. The van der Waals surface area contributed by atoms with Gasteiger partial charge in [-0.25, -0.2) is 0 Å². The summed E-state index contributed by atoms with van der Waals surface area (Å²) in [6, 6.07) is 22.0. The highest BCUT2D eigenvalue weighted by molar-refractivity contribution is 6.30. The molecule has 0 unspecified atom stereocenters. The van der Waals surface area contributed by atoms with Gasteiger partial charge < -0.3 is 20.4 Å². The maximum atomic E-state index is 13.2. The van der Waals surface area contributed by atoms with E-state index in [-0.39, 0.29) is 11.6 Å². The van der Waals surface area contributed by atoms with Gasteiger partial charge in [0, 0.05) is 28.2 Å². The van der Waals surface area contributed by atoms with E-state index in [2.05, 4.69) is 21.7 Å². The summed E-state index contributed by atoms with van der Waals surface area (Å²) < 4.78 is 5.29. The SMILES string of the molecule is COc1ccccc1C(=O)NC(=Cc1ccc(Cl)cc1)C(=O)NCCc1c(C)[nH]c2ccccc12. The molecule has 4 aromatic rings. The summed E-state index contributed by atoms with van der Waals surface area (Å²) in [5.74, 6) is -0.406. The number of aromatic nitrogens is 1. The van der Waals surface area contributed by atoms with Crippen LogP contribution in [0.4, 0.5) is 0 Å². The van der Waals surface area contributed by atoms with Crippen molar-refractivity contribution in [2.24, 2.45) is 0 Å². The van der Waals surface area contributed by atoms with E-state index in [0.717, 1.165) is 27.7 Å². The quantitative estimate of drug-likeness (QED) is 0.296. The first-order valence-corrected chi connectivity index (χ1v) is 11.6. The van der Waals surface area contributed by atoms with Crippen molar-refractivity contribution >= 4 is 40.4 Å². The molecule has 0 atom stereocenters. The number of hydrogen-bond donors (Lipinski definition) is 3. The number of amides is 2. The molecule has 3 N–H and O–H groups in total. The summed E-state index contributed by atoms with van der Waals surface area (Å²) in [7, 11) is 1.50. The maximum absolute atomic E-state index is 13.2. The topological polar surface area (TPSA) is 83.2 Å². The molecule has 0 radical (unpaired) electrons. The molecule has 0 aliphatic heterocycles. The molecule has 0 bridgehead atoms. The molecule has 0 aliphatic rings. The molecule has 178 valence electrons. The van der Waals surface area contributed by atoms with Gasteiger partial charge in [0.1, 0.15) is 11.4 Å². The number of rotatable bonds is 8. The van der Waals surface area contributed by atoms with Crippen LogP contribution in [0.1, 0.15) is 27.2 Å². The van der Waals surface area contributed by atoms with Crippen LogP contribution in [0.15, 0.2) is 78.5 Å². The zero-order valence-electron chi connectivity index (χ0n) is 19.5. The summed E-state index contributed by atoms with van der Waals surface area (Å²) in [5.41, 5.74) is 4.48. The molecule has 0 fully saturated rings. The van der Waals surface area contributed by atoms with E-state index in [1.165, 1.54) is 7.11 Å². The smallest absolute Gasteiger partial charge is 0.267 e. The van der Waals surface area contributed by atoms with Crippen LogP contribution < -0.4 is 15.4 Å². The van der Waals surface area contributed by atoms with Crippen molar-refractivity contribution in [1.29, 1.82) is 0 Å². The summed E-state index contributed by atoms with van der Waals surface area (Å²) in [5, 5.41) is 7.41. The molecule has 1 aromatic heterocycles. The Morgan fingerprint density at radius 1 is 1.00 bits per heavy atom. The first-order chi connectivity index (χ1) is 17.0. The van der Waals surface area contributed by atoms with Crippen LogP contribution in [0.2, 0.25) is 5.02 Å². The number of hydrogen-bond acceptors (Lipinski definition) is 3. The van der Waals surface area contributed by atoms with Crippen molar-refractivity contribution in [2.75, 3.05) is 13.7 Å². The van der Waals surface area contributed by atoms with Gasteiger partial charge in [-0.2, -0.15) is 0 Å². The summed E-state index contributed by atoms with van der Waals surface area (Å²) in [4.78, 5) is 29.5. The first-order valence-electron chi connectivity index (χ1n) is 11.2. The van der Waals surface area contributed by atoms with Crippen LogP contribution in [0.25, 0.3) is 17.0 Å². The highest BCUT2D eigenvalue weighted by atomic mass is 35.5. The van der Waals surface area contributed by atoms with Gasteiger partial charge in [-0.3, -0.25) is 9.59 Å². The number of nitrogens with one attached hydrogen (secondary N) is 3. The molecule has 3 aromatic carbocycles. The Bertz CT molecular complexity index is 1390. The second-order valence-electron chi connectivity index (χ2n) is 8.04. The van der Waals surface area contributed by atoms with E-state index in [1.807, 2.05) is 25.1 Å². The molecule has 0 saturated carbocycles. The van der Waals surface area contributed by atoms with Crippen LogP contribution in [0.5, 0.6) is 5.75 Å². The van der Waals surface area contributed by atoms with Gasteiger partial charge >= 0.3 is 0 Å². The second-order valence-corrected chi connectivity index (χ2v) is 8.48. The van der Waals surface area contributed by atoms with Gasteiger partial charge in [0.15, 0.2) is 0 Å². The number of aromatic amines is 1. The summed E-state index contributed by atoms with van der Waals surface area (Å²) in [6.07, 6.45) is 2.27. The van der Waals surface area contributed by atoms with Crippen LogP contribution >= 0.6 is 11.6 Å². The molecule has 1 heterocycles. The van der Waals surface area contributed by atoms with Gasteiger partial charge in [0.2, 0.25) is 0 Å². The van der Waals surface area contributed by atoms with Gasteiger partial charge in [-0.05, 0) is 60.9 Å². The fourth-order valence-electron chi connectivity index (χ4n) is 3.96. The highest BCUT2D eigenvalue weighted by Crippen LogP contribution is 2.22. The summed E-state index contributed by atoms with van der Waals surface area (Å²) >= 11 is 5.99. The van der Waals surface area contributed by atoms with Crippen LogP contribution in [0, 0.1) is 6.92 Å². The van der Waals surface area contributed by atoms with Crippen molar-refractivity contribution in [3.8, 4) is 5.75 Å². The highest BCUT2D eigenvalue weighted by Gasteiger charge is 2.18. The minimum atomic E-state index is -0.440. The minimum Gasteiger partial charge on any atom is -0.496 e. The van der Waals surface area contributed by atoms with Crippen molar-refractivity contribution in [2.45, 2.75) is 13.3 Å². The number of fused-ring (bicyclic) bond motifs is 1. The lowest BCUT2D eigenvalue weighted by atomic mass is 10.1. The fraction of sp³-hybridized carbons (Fsp3) is 0.143. The Hall–Kier alpha value is -4.03. The van der Waals surface area contributed by atoms with Crippen LogP contribution in [0.3, 0.4) is 0 Å². The lowest BCUT2D eigenvalue weighted by Gasteiger charge is -2.13. The zero-order valence-corrected chi connectivity index (χ0v) is 20.3. The Morgan fingerprint density at radius 3 is 2.49 bits per heavy atom. The van der Waals surface area contributed by atoms with E-state index >= 15 is 0 Å². The predicted octanol–water partition coefficient (Wildman–Crippen LogP) is 5.27. The van der Waals surface area contributed by atoms with Crippen molar-refractivity contribution < 1.29 is 14.3 Å². The van der Waals surface area contributed by atoms with Gasteiger partial charge in [-0.15, -0.1) is 0 Å². The van der Waals surface area contributed by atoms with E-state index in [9.17, 15) is 9.59 Å².